The molecule has 124 valence electrons. The van der Waals surface area contributed by atoms with E-state index < -0.39 is 10.9 Å². The third-order valence-electron chi connectivity index (χ3n) is 3.11. The van der Waals surface area contributed by atoms with Gasteiger partial charge in [-0.15, -0.1) is 0 Å². The van der Waals surface area contributed by atoms with Gasteiger partial charge in [-0.2, -0.15) is 0 Å². The van der Waals surface area contributed by atoms with Gasteiger partial charge < -0.3 is 9.47 Å². The number of benzene rings is 2. The average molecular weight is 329 g/mol. The molecule has 0 radical (unpaired) electrons. The molecular formula is C17H15NO6. The number of carbonyl (C=O) groups is 2. The summed E-state index contributed by atoms with van der Waals surface area (Å²) in [7, 11) is 0. The van der Waals surface area contributed by atoms with Crippen LogP contribution in [0.2, 0.25) is 0 Å². The molecule has 0 saturated carbocycles. The Labute approximate surface area is 138 Å². The summed E-state index contributed by atoms with van der Waals surface area (Å²) in [5.74, 6) is -0.365. The van der Waals surface area contributed by atoms with E-state index in [2.05, 4.69) is 0 Å². The molecule has 0 heterocycles. The first-order chi connectivity index (χ1) is 11.4. The van der Waals surface area contributed by atoms with Crippen molar-refractivity contribution in [1.29, 1.82) is 0 Å². The van der Waals surface area contributed by atoms with Crippen LogP contribution in [0.15, 0.2) is 36.4 Å². The zero-order chi connectivity index (χ0) is 17.7. The molecule has 0 aliphatic heterocycles. The van der Waals surface area contributed by atoms with E-state index in [0.29, 0.717) is 24.0 Å². The Morgan fingerprint density at radius 1 is 1.21 bits per heavy atom. The highest BCUT2D eigenvalue weighted by Gasteiger charge is 2.17. The lowest BCUT2D eigenvalue weighted by Crippen LogP contribution is -2.10. The molecule has 0 aliphatic rings. The smallest absolute Gasteiger partial charge is 0.343 e. The number of hydrogen-bond acceptors (Lipinski definition) is 6. The number of rotatable bonds is 6. The van der Waals surface area contributed by atoms with Gasteiger partial charge in [0.1, 0.15) is 6.29 Å². The Hall–Kier alpha value is -3.22. The van der Waals surface area contributed by atoms with Crippen LogP contribution in [0.1, 0.15) is 33.2 Å². The molecule has 0 bridgehead atoms. The molecule has 0 aromatic heterocycles. The van der Waals surface area contributed by atoms with Gasteiger partial charge in [-0.1, -0.05) is 0 Å². The monoisotopic (exact) mass is 329 g/mol. The van der Waals surface area contributed by atoms with Crippen molar-refractivity contribution in [2.24, 2.45) is 0 Å². The molecule has 2 rings (SSSR count). The highest BCUT2D eigenvalue weighted by Crippen LogP contribution is 2.29. The molecule has 0 unspecified atom stereocenters. The minimum Gasteiger partial charge on any atom is -0.490 e. The molecule has 7 heteroatoms. The van der Waals surface area contributed by atoms with Gasteiger partial charge >= 0.3 is 5.97 Å². The maximum absolute atomic E-state index is 12.3. The van der Waals surface area contributed by atoms with Gasteiger partial charge in [0.15, 0.2) is 11.5 Å². The van der Waals surface area contributed by atoms with Gasteiger partial charge in [0.2, 0.25) is 0 Å². The quantitative estimate of drug-likeness (QED) is 0.265. The summed E-state index contributed by atoms with van der Waals surface area (Å²) in [5.41, 5.74) is 0.814. The first kappa shape index (κ1) is 17.1. The van der Waals surface area contributed by atoms with Crippen LogP contribution in [0.4, 0.5) is 5.69 Å². The number of esters is 1. The van der Waals surface area contributed by atoms with Crippen LogP contribution in [0.25, 0.3) is 0 Å². The summed E-state index contributed by atoms with van der Waals surface area (Å²) in [5, 5.41) is 10.9. The van der Waals surface area contributed by atoms with Crippen LogP contribution >= 0.6 is 0 Å². The number of aryl methyl sites for hydroxylation is 1. The van der Waals surface area contributed by atoms with Crippen molar-refractivity contribution in [2.75, 3.05) is 6.61 Å². The van der Waals surface area contributed by atoms with Gasteiger partial charge in [-0.05, 0) is 43.7 Å². The molecule has 7 nitrogen and oxygen atoms in total. The van der Waals surface area contributed by atoms with Crippen molar-refractivity contribution >= 4 is 17.9 Å². The fourth-order valence-corrected chi connectivity index (χ4v) is 2.10. The third kappa shape index (κ3) is 3.95. The number of carbonyl (C=O) groups excluding carboxylic acids is 2. The summed E-state index contributed by atoms with van der Waals surface area (Å²) in [4.78, 5) is 33.4. The predicted molar refractivity (Wildman–Crippen MR) is 85.8 cm³/mol. The van der Waals surface area contributed by atoms with Crippen LogP contribution in [-0.2, 0) is 0 Å². The van der Waals surface area contributed by atoms with Gasteiger partial charge in [-0.3, -0.25) is 14.9 Å². The predicted octanol–water partition coefficient (Wildman–Crippen LogP) is 3.33. The lowest BCUT2D eigenvalue weighted by Gasteiger charge is -2.11. The topological polar surface area (TPSA) is 95.7 Å². The molecule has 0 atom stereocenters. The summed E-state index contributed by atoms with van der Waals surface area (Å²) in [6, 6.07) is 8.39. The first-order valence-electron chi connectivity index (χ1n) is 7.15. The van der Waals surface area contributed by atoms with Gasteiger partial charge in [0, 0.05) is 17.7 Å². The van der Waals surface area contributed by atoms with E-state index >= 15 is 0 Å². The third-order valence-corrected chi connectivity index (χ3v) is 3.11. The average Bonchev–Trinajstić information content (AvgIpc) is 2.55. The number of aldehydes is 1. The van der Waals surface area contributed by atoms with Crippen LogP contribution < -0.4 is 9.47 Å². The van der Waals surface area contributed by atoms with E-state index in [1.807, 2.05) is 0 Å². The first-order valence-corrected chi connectivity index (χ1v) is 7.15. The molecule has 24 heavy (non-hydrogen) atoms. The van der Waals surface area contributed by atoms with Crippen LogP contribution in [0, 0.1) is 17.0 Å². The van der Waals surface area contributed by atoms with Crippen molar-refractivity contribution in [1.82, 2.24) is 0 Å². The Morgan fingerprint density at radius 2 is 1.96 bits per heavy atom. The molecule has 0 saturated heterocycles. The molecule has 2 aromatic carbocycles. The van der Waals surface area contributed by atoms with Gasteiger partial charge in [0.05, 0.1) is 17.1 Å². The Morgan fingerprint density at radius 3 is 2.58 bits per heavy atom. The zero-order valence-corrected chi connectivity index (χ0v) is 13.1. The number of nitro benzene ring substituents is 1. The lowest BCUT2D eigenvalue weighted by molar-refractivity contribution is -0.384. The SMILES string of the molecule is CCOc1cc(C=O)ccc1OC(=O)c1cc(C)cc([N+](=O)[O-])c1. The molecular weight excluding hydrogens is 314 g/mol. The van der Waals surface area contributed by atoms with Crippen molar-refractivity contribution < 1.29 is 24.0 Å². The second-order valence-electron chi connectivity index (χ2n) is 4.96. The number of nitro groups is 1. The number of ether oxygens (including phenoxy) is 2. The molecule has 0 amide bonds. The largest absolute Gasteiger partial charge is 0.490 e. The van der Waals surface area contributed by atoms with Crippen LogP contribution in [0.3, 0.4) is 0 Å². The van der Waals surface area contributed by atoms with Gasteiger partial charge in [-0.25, -0.2) is 4.79 Å². The second-order valence-corrected chi connectivity index (χ2v) is 4.96. The van der Waals surface area contributed by atoms with E-state index in [0.717, 1.165) is 6.07 Å². The minimum atomic E-state index is -0.749. The molecule has 0 spiro atoms. The maximum atomic E-state index is 12.3. The van der Waals surface area contributed by atoms with E-state index in [-0.39, 0.29) is 22.7 Å². The minimum absolute atomic E-state index is 0.0589. The summed E-state index contributed by atoms with van der Waals surface area (Å²) in [6.07, 6.45) is 0.651. The molecule has 0 N–H and O–H groups in total. The van der Waals surface area contributed by atoms with Crippen LogP contribution in [0.5, 0.6) is 11.5 Å². The number of nitrogens with zero attached hydrogens (tertiary/aromatic N) is 1. The van der Waals surface area contributed by atoms with E-state index in [4.69, 9.17) is 9.47 Å². The Balaban J connectivity index is 2.33. The zero-order valence-electron chi connectivity index (χ0n) is 13.1. The van der Waals surface area contributed by atoms with Crippen molar-refractivity contribution in [3.8, 4) is 11.5 Å². The summed E-state index contributed by atoms with van der Waals surface area (Å²) < 4.78 is 10.6. The summed E-state index contributed by atoms with van der Waals surface area (Å²) >= 11 is 0. The lowest BCUT2D eigenvalue weighted by atomic mass is 10.1. The maximum Gasteiger partial charge on any atom is 0.343 e. The number of hydrogen-bond donors (Lipinski definition) is 0. The Bertz CT molecular complexity index is 800. The number of non-ortho nitro benzene ring substituents is 1. The molecule has 2 aromatic rings. The highest BCUT2D eigenvalue weighted by atomic mass is 16.6. The van der Waals surface area contributed by atoms with E-state index in [9.17, 15) is 19.7 Å². The van der Waals surface area contributed by atoms with Crippen molar-refractivity contribution in [3.63, 3.8) is 0 Å². The Kier molecular flexibility index (Phi) is 5.26. The van der Waals surface area contributed by atoms with E-state index in [1.54, 1.807) is 13.8 Å². The van der Waals surface area contributed by atoms with E-state index in [1.165, 1.54) is 30.3 Å². The highest BCUT2D eigenvalue weighted by molar-refractivity contribution is 5.92. The van der Waals surface area contributed by atoms with Crippen molar-refractivity contribution in [2.45, 2.75) is 13.8 Å². The van der Waals surface area contributed by atoms with Crippen molar-refractivity contribution in [3.05, 3.63) is 63.2 Å². The molecule has 0 aliphatic carbocycles. The second kappa shape index (κ2) is 7.36. The fraction of sp³-hybridized carbons (Fsp3) is 0.176. The molecule has 0 fully saturated rings. The van der Waals surface area contributed by atoms with Crippen LogP contribution in [-0.4, -0.2) is 23.8 Å². The normalized spacial score (nSPS) is 10.1. The standard InChI is InChI=1S/C17H15NO6/c1-3-23-16-8-12(10-19)4-5-15(16)24-17(20)13-6-11(2)7-14(9-13)18(21)22/h4-10H,3H2,1-2H3. The van der Waals surface area contributed by atoms with Gasteiger partial charge in [0.25, 0.3) is 5.69 Å². The summed E-state index contributed by atoms with van der Waals surface area (Å²) in [6.45, 7) is 3.72. The fourth-order valence-electron chi connectivity index (χ4n) is 2.10.